The lowest BCUT2D eigenvalue weighted by molar-refractivity contribution is 0.668. The Morgan fingerprint density at radius 3 is 1.36 bits per heavy atom. The molecule has 260 valence electrons. The van der Waals surface area contributed by atoms with Crippen LogP contribution in [0.2, 0.25) is 0 Å². The van der Waals surface area contributed by atoms with E-state index in [4.69, 9.17) is 23.8 Å². The van der Waals surface area contributed by atoms with E-state index in [0.717, 1.165) is 71.7 Å². The highest BCUT2D eigenvalue weighted by Gasteiger charge is 2.22. The summed E-state index contributed by atoms with van der Waals surface area (Å²) in [5, 5.41) is 11.3. The Kier molecular flexibility index (Phi) is 6.56. The first-order valence-electron chi connectivity index (χ1n) is 18.8. The first-order chi connectivity index (χ1) is 27.8. The first-order valence-corrected chi connectivity index (χ1v) is 18.8. The summed E-state index contributed by atoms with van der Waals surface area (Å²) in [7, 11) is 0. The van der Waals surface area contributed by atoms with Gasteiger partial charge in [0.15, 0.2) is 17.5 Å². The number of rotatable bonds is 4. The van der Waals surface area contributed by atoms with E-state index < -0.39 is 0 Å². The maximum absolute atomic E-state index is 6.34. The van der Waals surface area contributed by atoms with Gasteiger partial charge in [-0.3, -0.25) is 0 Å². The molecule has 0 spiro atoms. The lowest BCUT2D eigenvalue weighted by atomic mass is 9.89. The van der Waals surface area contributed by atoms with Crippen molar-refractivity contribution in [3.63, 3.8) is 0 Å². The molecule has 5 nitrogen and oxygen atoms in total. The molecule has 5 heteroatoms. The number of para-hydroxylation sites is 2. The third kappa shape index (κ3) is 4.58. The Bertz CT molecular complexity index is 3430. The topological polar surface area (TPSA) is 65.0 Å². The van der Waals surface area contributed by atoms with Crippen LogP contribution in [0.5, 0.6) is 0 Å². The molecule has 12 aromatic rings. The SMILES string of the molecule is c1ccc(-c2cc3ccc4ccccc4c3c3ccccc23)c(-c2nc(-c3cccc4oc5ccccc5c34)nc(-c3cccc4oc5ccccc5c34)n2)c1. The number of hydrogen-bond acceptors (Lipinski definition) is 5. The average molecular weight is 716 g/mol. The van der Waals surface area contributed by atoms with Gasteiger partial charge in [-0.05, 0) is 73.8 Å². The summed E-state index contributed by atoms with van der Waals surface area (Å²) < 4.78 is 12.7. The fraction of sp³-hybridized carbons (Fsp3) is 0. The van der Waals surface area contributed by atoms with Gasteiger partial charge in [-0.15, -0.1) is 0 Å². The zero-order chi connectivity index (χ0) is 36.7. The fourth-order valence-corrected chi connectivity index (χ4v) is 8.67. The molecular formula is C51H29N3O2. The van der Waals surface area contributed by atoms with Gasteiger partial charge in [0, 0.05) is 38.2 Å². The third-order valence-corrected chi connectivity index (χ3v) is 11.1. The Labute approximate surface area is 320 Å². The van der Waals surface area contributed by atoms with E-state index in [9.17, 15) is 0 Å². The van der Waals surface area contributed by atoms with Crippen LogP contribution in [0.25, 0.3) is 121 Å². The highest BCUT2D eigenvalue weighted by Crippen LogP contribution is 2.43. The molecule has 0 saturated carbocycles. The highest BCUT2D eigenvalue weighted by molar-refractivity contribution is 6.23. The molecule has 0 unspecified atom stereocenters. The number of nitrogens with zero attached hydrogens (tertiary/aromatic N) is 3. The molecule has 56 heavy (non-hydrogen) atoms. The second-order valence-corrected chi connectivity index (χ2v) is 14.3. The Morgan fingerprint density at radius 2 is 0.714 bits per heavy atom. The number of aromatic nitrogens is 3. The van der Waals surface area contributed by atoms with Crippen LogP contribution in [0.1, 0.15) is 0 Å². The lowest BCUT2D eigenvalue weighted by Crippen LogP contribution is -2.01. The molecule has 0 aliphatic heterocycles. The van der Waals surface area contributed by atoms with Crippen molar-refractivity contribution >= 4 is 76.2 Å². The van der Waals surface area contributed by atoms with Crippen molar-refractivity contribution < 1.29 is 8.83 Å². The Balaban J connectivity index is 1.16. The molecule has 0 amide bonds. The van der Waals surface area contributed by atoms with Gasteiger partial charge in [0.05, 0.1) is 0 Å². The van der Waals surface area contributed by atoms with E-state index in [2.05, 4.69) is 115 Å². The van der Waals surface area contributed by atoms with Gasteiger partial charge >= 0.3 is 0 Å². The molecular weight excluding hydrogens is 687 g/mol. The second kappa shape index (κ2) is 11.9. The monoisotopic (exact) mass is 715 g/mol. The zero-order valence-electron chi connectivity index (χ0n) is 29.9. The molecule has 0 bridgehead atoms. The van der Waals surface area contributed by atoms with Crippen molar-refractivity contribution in [2.45, 2.75) is 0 Å². The summed E-state index contributed by atoms with van der Waals surface area (Å²) in [6.07, 6.45) is 0. The Morgan fingerprint density at radius 1 is 0.268 bits per heavy atom. The van der Waals surface area contributed by atoms with Crippen LogP contribution < -0.4 is 0 Å². The van der Waals surface area contributed by atoms with E-state index in [1.54, 1.807) is 0 Å². The Hall–Kier alpha value is -7.63. The minimum Gasteiger partial charge on any atom is -0.456 e. The largest absolute Gasteiger partial charge is 0.456 e. The van der Waals surface area contributed by atoms with Crippen LogP contribution in [0.3, 0.4) is 0 Å². The normalized spacial score (nSPS) is 11.9. The van der Waals surface area contributed by atoms with Gasteiger partial charge in [-0.1, -0.05) is 146 Å². The summed E-state index contributed by atoms with van der Waals surface area (Å²) in [4.78, 5) is 16.0. The molecule has 3 heterocycles. The molecule has 0 radical (unpaired) electrons. The van der Waals surface area contributed by atoms with Gasteiger partial charge < -0.3 is 8.83 Å². The van der Waals surface area contributed by atoms with Crippen LogP contribution >= 0.6 is 0 Å². The van der Waals surface area contributed by atoms with Crippen molar-refractivity contribution in [2.24, 2.45) is 0 Å². The summed E-state index contributed by atoms with van der Waals surface area (Å²) in [5.74, 6) is 1.71. The van der Waals surface area contributed by atoms with Gasteiger partial charge in [-0.25, -0.2) is 15.0 Å². The van der Waals surface area contributed by atoms with Crippen LogP contribution in [0, 0.1) is 0 Å². The molecule has 0 saturated heterocycles. The van der Waals surface area contributed by atoms with Crippen LogP contribution in [-0.2, 0) is 0 Å². The van der Waals surface area contributed by atoms with E-state index >= 15 is 0 Å². The van der Waals surface area contributed by atoms with Crippen molar-refractivity contribution in [1.82, 2.24) is 15.0 Å². The molecule has 0 aliphatic carbocycles. The molecule has 0 fully saturated rings. The predicted molar refractivity (Wildman–Crippen MR) is 229 cm³/mol. The molecule has 0 aliphatic rings. The van der Waals surface area contributed by atoms with Crippen LogP contribution in [-0.4, -0.2) is 15.0 Å². The summed E-state index contributed by atoms with van der Waals surface area (Å²) in [6, 6.07) is 61.0. The van der Waals surface area contributed by atoms with Crippen LogP contribution in [0.4, 0.5) is 0 Å². The van der Waals surface area contributed by atoms with E-state index in [1.165, 1.54) is 32.3 Å². The van der Waals surface area contributed by atoms with Gasteiger partial charge in [-0.2, -0.15) is 0 Å². The van der Waals surface area contributed by atoms with Gasteiger partial charge in [0.2, 0.25) is 0 Å². The second-order valence-electron chi connectivity index (χ2n) is 14.3. The summed E-state index contributed by atoms with van der Waals surface area (Å²) >= 11 is 0. The molecule has 0 N–H and O–H groups in total. The number of hydrogen-bond donors (Lipinski definition) is 0. The van der Waals surface area contributed by atoms with Crippen LogP contribution in [0.15, 0.2) is 185 Å². The molecule has 3 aromatic heterocycles. The number of fused-ring (bicyclic) bond motifs is 11. The smallest absolute Gasteiger partial charge is 0.164 e. The standard InChI is InChI=1S/C51H29N3O2/c1-2-14-32-30(13-1)27-28-31-29-41(33-15-3-5-17-35(33)46(31)32)34-16-4-6-18-36(34)49-52-50(39-21-11-25-44-47(39)37-19-7-9-23-42(37)55-44)54-51(53-49)40-22-12-26-45-48(40)38-20-8-10-24-43(38)56-45/h1-29H. The molecule has 0 atom stereocenters. The van der Waals surface area contributed by atoms with E-state index in [-0.39, 0.29) is 0 Å². The van der Waals surface area contributed by atoms with Crippen molar-refractivity contribution in [3.8, 4) is 45.3 Å². The minimum absolute atomic E-state index is 0.566. The first kappa shape index (κ1) is 30.8. The number of furan rings is 2. The molecule has 9 aromatic carbocycles. The maximum atomic E-state index is 6.34. The summed E-state index contributed by atoms with van der Waals surface area (Å²) in [5.41, 5.74) is 8.03. The lowest BCUT2D eigenvalue weighted by Gasteiger charge is -2.16. The number of benzene rings is 9. The van der Waals surface area contributed by atoms with Crippen molar-refractivity contribution in [3.05, 3.63) is 176 Å². The van der Waals surface area contributed by atoms with Gasteiger partial charge in [0.1, 0.15) is 22.3 Å². The van der Waals surface area contributed by atoms with Crippen molar-refractivity contribution in [1.29, 1.82) is 0 Å². The van der Waals surface area contributed by atoms with E-state index in [0.29, 0.717) is 17.5 Å². The van der Waals surface area contributed by atoms with Crippen molar-refractivity contribution in [2.75, 3.05) is 0 Å². The maximum Gasteiger partial charge on any atom is 0.164 e. The predicted octanol–water partition coefficient (Wildman–Crippen LogP) is 13.8. The van der Waals surface area contributed by atoms with E-state index in [1.807, 2.05) is 60.7 Å². The quantitative estimate of drug-likeness (QED) is 0.170. The average Bonchev–Trinajstić information content (AvgIpc) is 3.84. The zero-order valence-corrected chi connectivity index (χ0v) is 29.9. The summed E-state index contributed by atoms with van der Waals surface area (Å²) in [6.45, 7) is 0. The fourth-order valence-electron chi connectivity index (χ4n) is 8.67. The molecule has 12 rings (SSSR count). The minimum atomic E-state index is 0.566. The highest BCUT2D eigenvalue weighted by atomic mass is 16.3. The third-order valence-electron chi connectivity index (χ3n) is 11.1. The van der Waals surface area contributed by atoms with Gasteiger partial charge in [0.25, 0.3) is 0 Å².